The summed E-state index contributed by atoms with van der Waals surface area (Å²) < 4.78 is 24.6. The minimum Gasteiger partial charge on any atom is -0.237 e. The molecule has 7 heteroatoms. The van der Waals surface area contributed by atoms with Crippen molar-refractivity contribution < 1.29 is 8.42 Å². The van der Waals surface area contributed by atoms with Crippen LogP contribution >= 0.6 is 0 Å². The van der Waals surface area contributed by atoms with Crippen LogP contribution in [0.1, 0.15) is 5.56 Å². The molecule has 3 aromatic rings. The van der Waals surface area contributed by atoms with E-state index in [1.165, 1.54) is 6.07 Å². The number of primary sulfonamides is 1. The monoisotopic (exact) mass is 314 g/mol. The number of hydrogen-bond donors (Lipinski definition) is 1. The quantitative estimate of drug-likeness (QED) is 0.799. The van der Waals surface area contributed by atoms with E-state index < -0.39 is 10.0 Å². The van der Waals surface area contributed by atoms with E-state index in [9.17, 15) is 8.42 Å². The van der Waals surface area contributed by atoms with Crippen molar-refractivity contribution >= 4 is 10.0 Å². The fraction of sp³-hybridized carbons (Fsp3) is 0.0667. The summed E-state index contributed by atoms with van der Waals surface area (Å²) in [6, 6.07) is 10.3. The van der Waals surface area contributed by atoms with Crippen molar-refractivity contribution in [2.24, 2.45) is 5.14 Å². The molecule has 0 bridgehead atoms. The molecule has 3 rings (SSSR count). The average Bonchev–Trinajstić information content (AvgIpc) is 2.97. The SMILES string of the molecule is Cc1ccc(S(N)(=O)=O)cc1-c1cnn(-c2ccccn2)c1. The van der Waals surface area contributed by atoms with Crippen LogP contribution in [0.25, 0.3) is 16.9 Å². The fourth-order valence-electron chi connectivity index (χ4n) is 2.17. The van der Waals surface area contributed by atoms with E-state index >= 15 is 0 Å². The minimum absolute atomic E-state index is 0.0821. The van der Waals surface area contributed by atoms with Crippen LogP contribution < -0.4 is 5.14 Å². The Kier molecular flexibility index (Phi) is 3.51. The van der Waals surface area contributed by atoms with Crippen molar-refractivity contribution in [2.75, 3.05) is 0 Å². The highest BCUT2D eigenvalue weighted by Crippen LogP contribution is 2.26. The lowest BCUT2D eigenvalue weighted by molar-refractivity contribution is 0.598. The molecule has 0 unspecified atom stereocenters. The Bertz CT molecular complexity index is 918. The zero-order valence-electron chi connectivity index (χ0n) is 11.8. The maximum atomic E-state index is 11.5. The number of sulfonamides is 1. The van der Waals surface area contributed by atoms with Gasteiger partial charge < -0.3 is 0 Å². The number of aryl methyl sites for hydroxylation is 1. The second-order valence-corrected chi connectivity index (χ2v) is 6.44. The third-order valence-electron chi connectivity index (χ3n) is 3.32. The van der Waals surface area contributed by atoms with Gasteiger partial charge in [-0.25, -0.2) is 23.2 Å². The van der Waals surface area contributed by atoms with E-state index in [1.807, 2.05) is 25.1 Å². The number of nitrogens with zero attached hydrogens (tertiary/aromatic N) is 3. The van der Waals surface area contributed by atoms with Crippen LogP contribution in [-0.2, 0) is 10.0 Å². The maximum absolute atomic E-state index is 11.5. The number of nitrogens with two attached hydrogens (primary N) is 1. The maximum Gasteiger partial charge on any atom is 0.238 e. The Hall–Kier alpha value is -2.51. The van der Waals surface area contributed by atoms with Gasteiger partial charge in [-0.3, -0.25) is 0 Å². The lowest BCUT2D eigenvalue weighted by Gasteiger charge is -2.06. The summed E-state index contributed by atoms with van der Waals surface area (Å²) in [7, 11) is -3.73. The molecule has 2 aromatic heterocycles. The Morgan fingerprint density at radius 2 is 2.00 bits per heavy atom. The van der Waals surface area contributed by atoms with Crippen LogP contribution in [-0.4, -0.2) is 23.2 Å². The van der Waals surface area contributed by atoms with E-state index in [0.717, 1.165) is 16.7 Å². The van der Waals surface area contributed by atoms with E-state index in [0.29, 0.717) is 5.82 Å². The fourth-order valence-corrected chi connectivity index (χ4v) is 2.71. The molecule has 0 atom stereocenters. The minimum atomic E-state index is -3.73. The smallest absolute Gasteiger partial charge is 0.237 e. The van der Waals surface area contributed by atoms with Gasteiger partial charge in [0, 0.05) is 18.0 Å². The second kappa shape index (κ2) is 5.36. The van der Waals surface area contributed by atoms with Crippen molar-refractivity contribution in [1.82, 2.24) is 14.8 Å². The predicted octanol–water partition coefficient (Wildman–Crippen LogP) is 1.89. The van der Waals surface area contributed by atoms with Crippen LogP contribution in [0.5, 0.6) is 0 Å². The van der Waals surface area contributed by atoms with Crippen molar-refractivity contribution in [2.45, 2.75) is 11.8 Å². The van der Waals surface area contributed by atoms with E-state index in [4.69, 9.17) is 5.14 Å². The molecule has 0 fully saturated rings. The highest BCUT2D eigenvalue weighted by molar-refractivity contribution is 7.89. The number of pyridine rings is 1. The van der Waals surface area contributed by atoms with Crippen molar-refractivity contribution in [1.29, 1.82) is 0 Å². The summed E-state index contributed by atoms with van der Waals surface area (Å²) in [4.78, 5) is 4.30. The summed E-state index contributed by atoms with van der Waals surface area (Å²) >= 11 is 0. The number of aromatic nitrogens is 3. The normalized spacial score (nSPS) is 11.5. The molecule has 0 saturated carbocycles. The van der Waals surface area contributed by atoms with Crippen LogP contribution in [0.15, 0.2) is 59.9 Å². The molecule has 0 aliphatic carbocycles. The number of rotatable bonds is 3. The van der Waals surface area contributed by atoms with Crippen LogP contribution in [0.4, 0.5) is 0 Å². The van der Waals surface area contributed by atoms with Gasteiger partial charge in [0.25, 0.3) is 0 Å². The molecule has 2 heterocycles. The van der Waals surface area contributed by atoms with Gasteiger partial charge in [-0.05, 0) is 42.3 Å². The average molecular weight is 314 g/mol. The largest absolute Gasteiger partial charge is 0.238 e. The highest BCUT2D eigenvalue weighted by atomic mass is 32.2. The molecule has 0 aliphatic heterocycles. The molecule has 1 aromatic carbocycles. The zero-order chi connectivity index (χ0) is 15.7. The second-order valence-electron chi connectivity index (χ2n) is 4.88. The summed E-state index contributed by atoms with van der Waals surface area (Å²) in [5.41, 5.74) is 2.51. The van der Waals surface area contributed by atoms with Gasteiger partial charge in [-0.1, -0.05) is 12.1 Å². The Morgan fingerprint density at radius 3 is 2.68 bits per heavy atom. The van der Waals surface area contributed by atoms with Gasteiger partial charge in [0.15, 0.2) is 5.82 Å². The standard InChI is InChI=1S/C15H14N4O2S/c1-11-5-6-13(22(16,20)21)8-14(11)12-9-18-19(10-12)15-4-2-3-7-17-15/h2-10H,1H3,(H2,16,20,21). The molecule has 112 valence electrons. The molecular formula is C15H14N4O2S. The first-order valence-corrected chi connectivity index (χ1v) is 8.10. The van der Waals surface area contributed by atoms with Gasteiger partial charge in [-0.2, -0.15) is 5.10 Å². The van der Waals surface area contributed by atoms with Gasteiger partial charge in [0.2, 0.25) is 10.0 Å². The van der Waals surface area contributed by atoms with Crippen LogP contribution in [0.3, 0.4) is 0 Å². The van der Waals surface area contributed by atoms with Gasteiger partial charge >= 0.3 is 0 Å². The molecule has 6 nitrogen and oxygen atoms in total. The Morgan fingerprint density at radius 1 is 1.18 bits per heavy atom. The molecular weight excluding hydrogens is 300 g/mol. The lowest BCUT2D eigenvalue weighted by atomic mass is 10.0. The Balaban J connectivity index is 2.07. The molecule has 0 saturated heterocycles. The highest BCUT2D eigenvalue weighted by Gasteiger charge is 2.12. The third kappa shape index (κ3) is 2.76. The first-order valence-electron chi connectivity index (χ1n) is 6.55. The molecule has 0 spiro atoms. The van der Waals surface area contributed by atoms with E-state index in [1.54, 1.807) is 35.4 Å². The van der Waals surface area contributed by atoms with E-state index in [-0.39, 0.29) is 4.90 Å². The van der Waals surface area contributed by atoms with E-state index in [2.05, 4.69) is 10.1 Å². The molecule has 0 amide bonds. The Labute approximate surface area is 128 Å². The summed E-state index contributed by atoms with van der Waals surface area (Å²) in [6.07, 6.45) is 5.16. The lowest BCUT2D eigenvalue weighted by Crippen LogP contribution is -2.12. The van der Waals surface area contributed by atoms with Crippen molar-refractivity contribution in [3.05, 3.63) is 60.6 Å². The zero-order valence-corrected chi connectivity index (χ0v) is 12.7. The van der Waals surface area contributed by atoms with Gasteiger partial charge in [0.1, 0.15) is 0 Å². The third-order valence-corrected chi connectivity index (χ3v) is 4.23. The predicted molar refractivity (Wildman–Crippen MR) is 82.9 cm³/mol. The van der Waals surface area contributed by atoms with Crippen LogP contribution in [0.2, 0.25) is 0 Å². The molecule has 0 radical (unpaired) electrons. The summed E-state index contributed by atoms with van der Waals surface area (Å²) in [5.74, 6) is 0.689. The number of benzene rings is 1. The molecule has 0 aliphatic rings. The summed E-state index contributed by atoms with van der Waals surface area (Å²) in [6.45, 7) is 1.90. The molecule has 2 N–H and O–H groups in total. The van der Waals surface area contributed by atoms with Gasteiger partial charge in [-0.15, -0.1) is 0 Å². The number of hydrogen-bond acceptors (Lipinski definition) is 4. The van der Waals surface area contributed by atoms with Crippen LogP contribution in [0, 0.1) is 6.92 Å². The van der Waals surface area contributed by atoms with Crippen molar-refractivity contribution in [3.63, 3.8) is 0 Å². The van der Waals surface area contributed by atoms with Crippen molar-refractivity contribution in [3.8, 4) is 16.9 Å². The van der Waals surface area contributed by atoms with Gasteiger partial charge in [0.05, 0.1) is 11.1 Å². The first kappa shape index (κ1) is 14.4. The summed E-state index contributed by atoms with van der Waals surface area (Å²) in [5, 5.41) is 9.46. The molecule has 22 heavy (non-hydrogen) atoms. The topological polar surface area (TPSA) is 90.9 Å². The first-order chi connectivity index (χ1) is 10.4.